The van der Waals surface area contributed by atoms with E-state index in [2.05, 4.69) is 18.0 Å². The Morgan fingerprint density at radius 1 is 1.17 bits per heavy atom. The summed E-state index contributed by atoms with van der Waals surface area (Å²) in [5, 5.41) is 0. The normalized spacial score (nSPS) is 16.3. The molecule has 0 spiro atoms. The van der Waals surface area contributed by atoms with E-state index in [-0.39, 0.29) is 11.9 Å². The minimum absolute atomic E-state index is 0.177. The lowest BCUT2D eigenvalue weighted by Crippen LogP contribution is -2.52. The van der Waals surface area contributed by atoms with Gasteiger partial charge < -0.3 is 4.90 Å². The van der Waals surface area contributed by atoms with Gasteiger partial charge in [-0.3, -0.25) is 14.7 Å². The molecule has 1 amide bonds. The van der Waals surface area contributed by atoms with E-state index in [1.165, 1.54) is 0 Å². The number of hydrogen-bond acceptors (Lipinski definition) is 3. The lowest BCUT2D eigenvalue weighted by Gasteiger charge is -2.42. The Hall–Kier alpha value is -2.20. The molecule has 0 N–H and O–H groups in total. The number of carbonyl (C=O) groups excluding carboxylic acids is 1. The molecule has 1 aliphatic rings. The SMILES string of the molecule is Cc1ccccc1[C@H](C(=O)N1CC(c2ccccn2)C1)N(C)C. The summed E-state index contributed by atoms with van der Waals surface area (Å²) < 4.78 is 0. The van der Waals surface area contributed by atoms with E-state index in [1.54, 1.807) is 0 Å². The maximum absolute atomic E-state index is 13.0. The number of carbonyl (C=O) groups is 1. The van der Waals surface area contributed by atoms with Gasteiger partial charge in [-0.2, -0.15) is 0 Å². The maximum Gasteiger partial charge on any atom is 0.244 e. The summed E-state index contributed by atoms with van der Waals surface area (Å²) in [5.41, 5.74) is 3.32. The quantitative estimate of drug-likeness (QED) is 0.871. The third-order valence-corrected chi connectivity index (χ3v) is 4.53. The molecule has 1 aliphatic heterocycles. The van der Waals surface area contributed by atoms with Gasteiger partial charge in [0.1, 0.15) is 6.04 Å². The first-order valence-corrected chi connectivity index (χ1v) is 7.99. The molecule has 1 fully saturated rings. The first kappa shape index (κ1) is 15.7. The number of rotatable bonds is 4. The van der Waals surface area contributed by atoms with Crippen molar-refractivity contribution in [2.75, 3.05) is 27.2 Å². The predicted molar refractivity (Wildman–Crippen MR) is 91.2 cm³/mol. The molecule has 23 heavy (non-hydrogen) atoms. The minimum Gasteiger partial charge on any atom is -0.340 e. The second kappa shape index (κ2) is 6.50. The fourth-order valence-corrected chi connectivity index (χ4v) is 3.16. The number of likely N-dealkylation sites (N-methyl/N-ethyl adjacent to an activating group) is 1. The van der Waals surface area contributed by atoms with Gasteiger partial charge in [0.2, 0.25) is 5.91 Å². The summed E-state index contributed by atoms with van der Waals surface area (Å²) in [6.45, 7) is 3.57. The molecule has 0 aliphatic carbocycles. The van der Waals surface area contributed by atoms with Crippen molar-refractivity contribution in [2.45, 2.75) is 18.9 Å². The second-order valence-corrected chi connectivity index (χ2v) is 6.42. The monoisotopic (exact) mass is 309 g/mol. The highest BCUT2D eigenvalue weighted by atomic mass is 16.2. The summed E-state index contributed by atoms with van der Waals surface area (Å²) in [5.74, 6) is 0.538. The van der Waals surface area contributed by atoms with Crippen molar-refractivity contribution in [3.63, 3.8) is 0 Å². The predicted octanol–water partition coefficient (Wildman–Crippen LogP) is 2.62. The van der Waals surface area contributed by atoms with Gasteiger partial charge in [-0.1, -0.05) is 30.3 Å². The molecule has 0 bridgehead atoms. The van der Waals surface area contributed by atoms with Gasteiger partial charge in [0.05, 0.1) is 0 Å². The van der Waals surface area contributed by atoms with Crippen LogP contribution in [0.4, 0.5) is 0 Å². The number of aromatic nitrogens is 1. The maximum atomic E-state index is 13.0. The van der Waals surface area contributed by atoms with E-state index in [0.29, 0.717) is 5.92 Å². The van der Waals surface area contributed by atoms with Crippen LogP contribution in [0.25, 0.3) is 0 Å². The van der Waals surface area contributed by atoms with Crippen molar-refractivity contribution in [2.24, 2.45) is 0 Å². The number of amides is 1. The zero-order valence-corrected chi connectivity index (χ0v) is 13.9. The van der Waals surface area contributed by atoms with E-state index >= 15 is 0 Å². The van der Waals surface area contributed by atoms with E-state index in [9.17, 15) is 4.79 Å². The summed E-state index contributed by atoms with van der Waals surface area (Å²) in [7, 11) is 3.93. The summed E-state index contributed by atoms with van der Waals surface area (Å²) in [4.78, 5) is 21.3. The molecular formula is C19H23N3O. The van der Waals surface area contributed by atoms with Crippen LogP contribution in [-0.2, 0) is 4.79 Å². The van der Waals surface area contributed by atoms with Gasteiger partial charge in [-0.15, -0.1) is 0 Å². The van der Waals surface area contributed by atoms with Crippen LogP contribution in [-0.4, -0.2) is 47.9 Å². The molecule has 1 atom stereocenters. The molecule has 120 valence electrons. The summed E-state index contributed by atoms with van der Waals surface area (Å²) >= 11 is 0. The first-order chi connectivity index (χ1) is 11.1. The van der Waals surface area contributed by atoms with E-state index < -0.39 is 0 Å². The van der Waals surface area contributed by atoms with Crippen molar-refractivity contribution in [3.05, 3.63) is 65.5 Å². The minimum atomic E-state index is -0.221. The van der Waals surface area contributed by atoms with Crippen LogP contribution in [0, 0.1) is 6.92 Å². The standard InChI is InChI=1S/C19H23N3O/c1-14-8-4-5-9-16(14)18(21(2)3)19(23)22-12-15(13-22)17-10-6-7-11-20-17/h4-11,15,18H,12-13H2,1-3H3/t18-/m1/s1. The van der Waals surface area contributed by atoms with Gasteiger partial charge in [-0.05, 0) is 44.3 Å². The summed E-state index contributed by atoms with van der Waals surface area (Å²) in [6.07, 6.45) is 1.82. The Morgan fingerprint density at radius 3 is 2.48 bits per heavy atom. The average molecular weight is 309 g/mol. The van der Waals surface area contributed by atoms with Crippen molar-refractivity contribution in [1.29, 1.82) is 0 Å². The van der Waals surface area contributed by atoms with Gasteiger partial charge in [0.25, 0.3) is 0 Å². The third kappa shape index (κ3) is 3.13. The number of nitrogens with zero attached hydrogens (tertiary/aromatic N) is 3. The zero-order chi connectivity index (χ0) is 16.4. The van der Waals surface area contributed by atoms with Crippen LogP contribution in [0.2, 0.25) is 0 Å². The van der Waals surface area contributed by atoms with E-state index in [1.807, 2.05) is 66.5 Å². The van der Waals surface area contributed by atoms with Crippen molar-refractivity contribution >= 4 is 5.91 Å². The molecule has 1 aromatic carbocycles. The molecule has 0 saturated carbocycles. The molecule has 4 heteroatoms. The molecule has 2 heterocycles. The van der Waals surface area contributed by atoms with E-state index in [4.69, 9.17) is 0 Å². The van der Waals surface area contributed by atoms with Crippen LogP contribution >= 0.6 is 0 Å². The number of likely N-dealkylation sites (tertiary alicyclic amines) is 1. The Labute approximate surface area is 137 Å². The lowest BCUT2D eigenvalue weighted by atomic mass is 9.92. The molecule has 3 rings (SSSR count). The average Bonchev–Trinajstić information content (AvgIpc) is 2.49. The Balaban J connectivity index is 1.73. The Morgan fingerprint density at radius 2 is 1.87 bits per heavy atom. The summed E-state index contributed by atoms with van der Waals surface area (Å²) in [6, 6.07) is 13.9. The molecule has 2 aromatic rings. The highest BCUT2D eigenvalue weighted by Crippen LogP contribution is 2.31. The van der Waals surface area contributed by atoms with Gasteiger partial charge in [0.15, 0.2) is 0 Å². The van der Waals surface area contributed by atoms with Gasteiger partial charge in [0, 0.05) is 30.9 Å². The van der Waals surface area contributed by atoms with Crippen molar-refractivity contribution < 1.29 is 4.79 Å². The molecule has 4 nitrogen and oxygen atoms in total. The topological polar surface area (TPSA) is 36.4 Å². The number of benzene rings is 1. The largest absolute Gasteiger partial charge is 0.340 e. The Kier molecular flexibility index (Phi) is 4.44. The lowest BCUT2D eigenvalue weighted by molar-refractivity contribution is -0.141. The van der Waals surface area contributed by atoms with Crippen LogP contribution < -0.4 is 0 Å². The van der Waals surface area contributed by atoms with Crippen molar-refractivity contribution in [3.8, 4) is 0 Å². The van der Waals surface area contributed by atoms with Crippen LogP contribution in [0.15, 0.2) is 48.7 Å². The molecular weight excluding hydrogens is 286 g/mol. The third-order valence-electron chi connectivity index (χ3n) is 4.53. The van der Waals surface area contributed by atoms with E-state index in [0.717, 1.165) is 29.9 Å². The number of hydrogen-bond donors (Lipinski definition) is 0. The molecule has 1 saturated heterocycles. The highest BCUT2D eigenvalue weighted by Gasteiger charge is 2.37. The van der Waals surface area contributed by atoms with Gasteiger partial charge >= 0.3 is 0 Å². The second-order valence-electron chi connectivity index (χ2n) is 6.42. The first-order valence-electron chi connectivity index (χ1n) is 7.99. The fourth-order valence-electron chi connectivity index (χ4n) is 3.16. The highest BCUT2D eigenvalue weighted by molar-refractivity contribution is 5.84. The van der Waals surface area contributed by atoms with Crippen molar-refractivity contribution in [1.82, 2.24) is 14.8 Å². The Bertz CT molecular complexity index is 678. The molecule has 0 radical (unpaired) electrons. The molecule has 1 aromatic heterocycles. The fraction of sp³-hybridized carbons (Fsp3) is 0.368. The van der Waals surface area contributed by atoms with Gasteiger partial charge in [-0.25, -0.2) is 0 Å². The zero-order valence-electron chi connectivity index (χ0n) is 13.9. The van der Waals surface area contributed by atoms with Crippen LogP contribution in [0.3, 0.4) is 0 Å². The van der Waals surface area contributed by atoms with Crippen LogP contribution in [0.1, 0.15) is 28.8 Å². The number of pyridine rings is 1. The number of aryl methyl sites for hydroxylation is 1. The van der Waals surface area contributed by atoms with Crippen LogP contribution in [0.5, 0.6) is 0 Å². The molecule has 0 unspecified atom stereocenters. The smallest absolute Gasteiger partial charge is 0.244 e.